The molecule has 2 heterocycles. The molecule has 0 bridgehead atoms. The standard InChI is InChI=1S/C16H20FN3O4.2HO3P/c1-11(21)18-9-13-10-20(16(22)24-13)12-2-3-15(14(17)8-12)19-4-6-23-7-5-19;2*1-4(2)3/h2-3,8,13H,4-7,9-10H2,1H3,(H,18,21);2*(H-,1,2,3)/p+2/t13-;;/m0../s1. The van der Waals surface area contributed by atoms with E-state index < -0.39 is 28.7 Å². The molecule has 0 unspecified atom stereocenters. The maximum atomic E-state index is 14.4. The fraction of sp³-hybridized carbons (Fsp3) is 0.500. The summed E-state index contributed by atoms with van der Waals surface area (Å²) in [5, 5.41) is 2.61. The van der Waals surface area contributed by atoms with Gasteiger partial charge in [-0.15, -0.1) is 19.6 Å². The van der Waals surface area contributed by atoms with Gasteiger partial charge in [0.25, 0.3) is 0 Å². The number of anilines is 2. The number of nitrogens with one attached hydrogen (secondary N) is 1. The van der Waals surface area contributed by atoms with Crippen molar-refractivity contribution in [1.29, 1.82) is 0 Å². The van der Waals surface area contributed by atoms with Crippen LogP contribution < -0.4 is 15.1 Å². The Morgan fingerprint density at radius 2 is 1.75 bits per heavy atom. The first-order valence-corrected chi connectivity index (χ1v) is 11.4. The van der Waals surface area contributed by atoms with Gasteiger partial charge in [-0.25, -0.2) is 9.18 Å². The summed E-state index contributed by atoms with van der Waals surface area (Å²) < 4.78 is 42.3. The van der Waals surface area contributed by atoms with Crippen molar-refractivity contribution in [2.45, 2.75) is 13.0 Å². The molecule has 13 nitrogen and oxygen atoms in total. The molecule has 0 aliphatic carbocycles. The zero-order chi connectivity index (χ0) is 24.3. The van der Waals surface area contributed by atoms with Gasteiger partial charge < -0.3 is 19.7 Å². The van der Waals surface area contributed by atoms with Gasteiger partial charge in [0.05, 0.1) is 37.7 Å². The Kier molecular flexibility index (Phi) is 12.1. The third kappa shape index (κ3) is 10.3. The summed E-state index contributed by atoms with van der Waals surface area (Å²) in [6.07, 6.45) is -0.979. The lowest BCUT2D eigenvalue weighted by Gasteiger charge is -2.29. The second-order valence-corrected chi connectivity index (χ2v) is 7.31. The van der Waals surface area contributed by atoms with Crippen LogP contribution >= 0.6 is 16.5 Å². The van der Waals surface area contributed by atoms with Crippen LogP contribution in [0.25, 0.3) is 0 Å². The van der Waals surface area contributed by atoms with E-state index in [4.69, 9.17) is 38.2 Å². The van der Waals surface area contributed by atoms with E-state index in [-0.39, 0.29) is 24.8 Å². The summed E-state index contributed by atoms with van der Waals surface area (Å²) in [7, 11) is -5.74. The third-order valence-electron chi connectivity index (χ3n) is 4.05. The molecule has 5 N–H and O–H groups in total. The predicted octanol–water partition coefficient (Wildman–Crippen LogP) is 0.380. The molecule has 2 saturated heterocycles. The zero-order valence-electron chi connectivity index (χ0n) is 17.0. The van der Waals surface area contributed by atoms with Crippen molar-refractivity contribution in [2.24, 2.45) is 0 Å². The van der Waals surface area contributed by atoms with Gasteiger partial charge in [0, 0.05) is 29.1 Å². The minimum atomic E-state index is -2.87. The van der Waals surface area contributed by atoms with Crippen LogP contribution in [0.1, 0.15) is 6.92 Å². The molecule has 0 aromatic heterocycles. The summed E-state index contributed by atoms with van der Waals surface area (Å²) in [6, 6.07) is 4.72. The smallest absolute Gasteiger partial charge is 0.442 e. The molecule has 2 aliphatic rings. The Labute approximate surface area is 184 Å². The SMILES string of the molecule is CC(=O)NC[C@H]1CN(c2ccc(N3CCOCC3)c(F)c2)C(=O)O1.O=[P+](O)O.O=[P+](O)O. The first kappa shape index (κ1) is 27.7. The van der Waals surface area contributed by atoms with E-state index in [9.17, 15) is 14.0 Å². The number of hydrogen-bond donors (Lipinski definition) is 5. The molecule has 0 spiro atoms. The van der Waals surface area contributed by atoms with Gasteiger partial charge in [-0.2, -0.15) is 0 Å². The van der Waals surface area contributed by atoms with Gasteiger partial charge in [-0.05, 0) is 18.2 Å². The molecule has 2 fully saturated rings. The molecule has 2 aliphatic heterocycles. The maximum absolute atomic E-state index is 14.4. The normalized spacial score (nSPS) is 17.3. The van der Waals surface area contributed by atoms with E-state index in [1.54, 1.807) is 12.1 Å². The molecular formula is C16H24FN3O10P2+2. The fourth-order valence-electron chi connectivity index (χ4n) is 2.82. The number of carbonyl (C=O) groups is 2. The van der Waals surface area contributed by atoms with Gasteiger partial charge in [0.1, 0.15) is 11.9 Å². The average molecular weight is 499 g/mol. The number of morpholine rings is 1. The van der Waals surface area contributed by atoms with Crippen molar-refractivity contribution in [3.05, 3.63) is 24.0 Å². The molecule has 2 amide bonds. The average Bonchev–Trinajstić information content (AvgIpc) is 3.07. The molecule has 1 aromatic carbocycles. The number of benzene rings is 1. The zero-order valence-corrected chi connectivity index (χ0v) is 18.7. The highest BCUT2D eigenvalue weighted by molar-refractivity contribution is 7.31. The number of rotatable bonds is 4. The largest absolute Gasteiger partial charge is 0.692 e. The van der Waals surface area contributed by atoms with Crippen molar-refractivity contribution >= 4 is 39.9 Å². The number of hydrogen-bond acceptors (Lipinski definition) is 7. The van der Waals surface area contributed by atoms with Crippen LogP contribution in [0, 0.1) is 5.82 Å². The van der Waals surface area contributed by atoms with E-state index in [0.717, 1.165) is 0 Å². The molecule has 1 aromatic rings. The Bertz CT molecular complexity index is 805. The summed E-state index contributed by atoms with van der Waals surface area (Å²) in [5.41, 5.74) is 0.948. The highest BCUT2D eigenvalue weighted by Gasteiger charge is 2.33. The minimum absolute atomic E-state index is 0.189. The molecule has 0 radical (unpaired) electrons. The van der Waals surface area contributed by atoms with E-state index in [1.807, 2.05) is 4.90 Å². The first-order chi connectivity index (χ1) is 15.0. The number of carbonyl (C=O) groups excluding carboxylic acids is 2. The number of ether oxygens (including phenoxy) is 2. The van der Waals surface area contributed by atoms with Gasteiger partial charge in [0.15, 0.2) is 0 Å². The lowest BCUT2D eigenvalue weighted by Crippen LogP contribution is -2.36. The highest BCUT2D eigenvalue weighted by Crippen LogP contribution is 2.28. The molecule has 32 heavy (non-hydrogen) atoms. The van der Waals surface area contributed by atoms with Gasteiger partial charge in [-0.1, -0.05) is 0 Å². The lowest BCUT2D eigenvalue weighted by atomic mass is 10.2. The molecule has 3 rings (SSSR count). The Hall–Kier alpha value is -2.31. The van der Waals surface area contributed by atoms with Crippen LogP contribution in [0.5, 0.6) is 0 Å². The minimum Gasteiger partial charge on any atom is -0.442 e. The Morgan fingerprint density at radius 1 is 1.19 bits per heavy atom. The first-order valence-electron chi connectivity index (χ1n) is 9.06. The molecule has 178 valence electrons. The molecular weight excluding hydrogens is 475 g/mol. The highest BCUT2D eigenvalue weighted by atomic mass is 31.1. The number of nitrogens with zero attached hydrogens (tertiary/aromatic N) is 2. The number of amides is 2. The van der Waals surface area contributed by atoms with Crippen molar-refractivity contribution in [1.82, 2.24) is 5.32 Å². The predicted molar refractivity (Wildman–Crippen MR) is 110 cm³/mol. The van der Waals surface area contributed by atoms with Crippen LogP contribution in [0.3, 0.4) is 0 Å². The number of halogens is 1. The molecule has 0 saturated carbocycles. The lowest BCUT2D eigenvalue weighted by molar-refractivity contribution is -0.119. The summed E-state index contributed by atoms with van der Waals surface area (Å²) >= 11 is 0. The van der Waals surface area contributed by atoms with Crippen molar-refractivity contribution in [3.8, 4) is 0 Å². The van der Waals surface area contributed by atoms with Crippen molar-refractivity contribution in [2.75, 3.05) is 49.2 Å². The van der Waals surface area contributed by atoms with Crippen LogP contribution in [0.15, 0.2) is 18.2 Å². The Balaban J connectivity index is 0.000000554. The van der Waals surface area contributed by atoms with E-state index in [2.05, 4.69) is 5.32 Å². The summed E-state index contributed by atoms with van der Waals surface area (Å²) in [6.45, 7) is 4.34. The van der Waals surface area contributed by atoms with Gasteiger partial charge >= 0.3 is 22.6 Å². The monoisotopic (exact) mass is 499 g/mol. The van der Waals surface area contributed by atoms with Crippen molar-refractivity contribution in [3.63, 3.8) is 0 Å². The van der Waals surface area contributed by atoms with Crippen molar-refractivity contribution < 1.29 is 52.2 Å². The second kappa shape index (κ2) is 14.0. The van der Waals surface area contributed by atoms with Gasteiger partial charge in [-0.3, -0.25) is 9.69 Å². The fourth-order valence-corrected chi connectivity index (χ4v) is 2.82. The molecule has 16 heteroatoms. The van der Waals surface area contributed by atoms with Crippen LogP contribution in [0.4, 0.5) is 20.6 Å². The number of cyclic esters (lactones) is 1. The van der Waals surface area contributed by atoms with Crippen LogP contribution in [0.2, 0.25) is 0 Å². The van der Waals surface area contributed by atoms with Gasteiger partial charge in [0.2, 0.25) is 5.91 Å². The summed E-state index contributed by atoms with van der Waals surface area (Å²) in [4.78, 5) is 54.7. The van der Waals surface area contributed by atoms with E-state index >= 15 is 0 Å². The summed E-state index contributed by atoms with van der Waals surface area (Å²) in [5.74, 6) is -0.571. The van der Waals surface area contributed by atoms with E-state index in [1.165, 1.54) is 17.9 Å². The van der Waals surface area contributed by atoms with E-state index in [0.29, 0.717) is 37.7 Å². The third-order valence-corrected chi connectivity index (χ3v) is 4.05. The van der Waals surface area contributed by atoms with Crippen LogP contribution in [-0.2, 0) is 23.4 Å². The molecule has 1 atom stereocenters. The van der Waals surface area contributed by atoms with Crippen LogP contribution in [-0.4, -0.2) is 77.1 Å². The maximum Gasteiger partial charge on any atom is 0.692 e. The second-order valence-electron chi connectivity index (χ2n) is 6.29. The Morgan fingerprint density at radius 3 is 2.25 bits per heavy atom. The quantitative estimate of drug-likeness (QED) is 0.361. The topological polar surface area (TPSA) is 186 Å².